The number of esters is 1. The summed E-state index contributed by atoms with van der Waals surface area (Å²) in [4.78, 5) is 11.4. The molecule has 5 heteroatoms. The first-order valence-electron chi connectivity index (χ1n) is 4.92. The average Bonchev–Trinajstić information content (AvgIpc) is 2.61. The normalized spacial score (nSPS) is 10.6. The van der Waals surface area contributed by atoms with Crippen molar-refractivity contribution in [3.8, 4) is 0 Å². The summed E-state index contributed by atoms with van der Waals surface area (Å²) in [6.45, 7) is 2.46. The van der Waals surface area contributed by atoms with Gasteiger partial charge in [0.2, 0.25) is 17.6 Å². The van der Waals surface area contributed by atoms with Crippen LogP contribution in [0.15, 0.2) is 23.7 Å². The summed E-state index contributed by atoms with van der Waals surface area (Å²) in [5.41, 5.74) is 2.90. The van der Waals surface area contributed by atoms with Crippen LogP contribution >= 0.6 is 22.9 Å². The lowest BCUT2D eigenvalue weighted by molar-refractivity contribution is -0.655. The van der Waals surface area contributed by atoms with Crippen molar-refractivity contribution < 1.29 is 14.1 Å². The molecule has 0 saturated carbocycles. The number of rotatable bonds is 3. The molecule has 84 valence electrons. The quantitative estimate of drug-likeness (QED) is 0.624. The minimum atomic E-state index is -0.220. The molecule has 0 aliphatic rings. The summed E-state index contributed by atoms with van der Waals surface area (Å²) in [5.74, 6) is -0.220. The molecule has 0 unspecified atom stereocenters. The highest BCUT2D eigenvalue weighted by atomic mass is 35.5. The first-order chi connectivity index (χ1) is 7.70. The number of halogens is 1. The minimum absolute atomic E-state index is 0.220. The van der Waals surface area contributed by atoms with Gasteiger partial charge in [-0.25, -0.2) is 4.79 Å². The lowest BCUT2D eigenvalue weighted by atomic mass is 10.3. The van der Waals surface area contributed by atoms with E-state index in [2.05, 4.69) is 0 Å². The van der Waals surface area contributed by atoms with Crippen molar-refractivity contribution in [3.05, 3.63) is 28.7 Å². The van der Waals surface area contributed by atoms with Gasteiger partial charge in [0.25, 0.3) is 0 Å². The van der Waals surface area contributed by atoms with Crippen LogP contribution in [0.25, 0.3) is 10.2 Å². The number of thiazole rings is 1. The fourth-order valence-electron chi connectivity index (χ4n) is 1.46. The average molecular weight is 257 g/mol. The molecule has 0 aliphatic carbocycles. The van der Waals surface area contributed by atoms with E-state index in [1.165, 1.54) is 0 Å². The standard InChI is InChI=1S/C11H11ClNO2S/c1-2-15-11(14)6-13-7-16-10-5-8(12)3-4-9(10)13/h3-5,7H,2,6H2,1H3/q+1. The maximum Gasteiger partial charge on any atom is 0.372 e. The van der Waals surface area contributed by atoms with Gasteiger partial charge in [0.15, 0.2) is 0 Å². The van der Waals surface area contributed by atoms with E-state index in [-0.39, 0.29) is 12.5 Å². The van der Waals surface area contributed by atoms with Crippen molar-refractivity contribution in [1.82, 2.24) is 0 Å². The molecule has 1 aromatic heterocycles. The van der Waals surface area contributed by atoms with Gasteiger partial charge in [-0.05, 0) is 19.1 Å². The molecule has 0 amide bonds. The second kappa shape index (κ2) is 4.80. The second-order valence-corrected chi connectivity index (χ2v) is 4.59. The summed E-state index contributed by atoms with van der Waals surface area (Å²) in [5, 5.41) is 0.706. The van der Waals surface area contributed by atoms with Crippen LogP contribution in [-0.4, -0.2) is 12.6 Å². The molecule has 0 N–H and O–H groups in total. The topological polar surface area (TPSA) is 30.2 Å². The number of aromatic nitrogens is 1. The molecule has 0 fully saturated rings. The summed E-state index contributed by atoms with van der Waals surface area (Å²) >= 11 is 7.45. The van der Waals surface area contributed by atoms with Gasteiger partial charge in [0.1, 0.15) is 4.70 Å². The van der Waals surface area contributed by atoms with E-state index in [0.29, 0.717) is 11.6 Å². The smallest absolute Gasteiger partial charge is 0.372 e. The Kier molecular flexibility index (Phi) is 3.41. The second-order valence-electron chi connectivity index (χ2n) is 3.27. The molecule has 3 nitrogen and oxygen atoms in total. The van der Waals surface area contributed by atoms with Gasteiger partial charge in [-0.15, -0.1) is 0 Å². The van der Waals surface area contributed by atoms with Gasteiger partial charge in [0.05, 0.1) is 6.61 Å². The Hall–Kier alpha value is -1.13. The molecule has 0 saturated heterocycles. The Morgan fingerprint density at radius 3 is 3.12 bits per heavy atom. The molecule has 0 spiro atoms. The van der Waals surface area contributed by atoms with E-state index >= 15 is 0 Å². The van der Waals surface area contributed by atoms with Crippen LogP contribution in [0.3, 0.4) is 0 Å². The zero-order valence-corrected chi connectivity index (χ0v) is 10.3. The zero-order valence-electron chi connectivity index (χ0n) is 8.77. The van der Waals surface area contributed by atoms with Crippen molar-refractivity contribution >= 4 is 39.1 Å². The van der Waals surface area contributed by atoms with Crippen LogP contribution in [0.4, 0.5) is 0 Å². The predicted molar refractivity (Wildman–Crippen MR) is 63.7 cm³/mol. The summed E-state index contributed by atoms with van der Waals surface area (Å²) in [7, 11) is 0. The fourth-order valence-corrected chi connectivity index (χ4v) is 2.63. The van der Waals surface area contributed by atoms with Gasteiger partial charge < -0.3 is 4.74 Å². The van der Waals surface area contributed by atoms with E-state index in [4.69, 9.17) is 16.3 Å². The molecule has 2 rings (SSSR count). The molecule has 0 atom stereocenters. The molecule has 0 radical (unpaired) electrons. The van der Waals surface area contributed by atoms with Crippen LogP contribution in [-0.2, 0) is 16.1 Å². The van der Waals surface area contributed by atoms with Crippen LogP contribution in [0.5, 0.6) is 0 Å². The number of nitrogens with zero attached hydrogens (tertiary/aromatic N) is 1. The van der Waals surface area contributed by atoms with Crippen molar-refractivity contribution in [2.45, 2.75) is 13.5 Å². The lowest BCUT2D eigenvalue weighted by Gasteiger charge is -1.96. The summed E-state index contributed by atoms with van der Waals surface area (Å²) in [6, 6.07) is 5.62. The Labute approximate surface area is 102 Å². The third kappa shape index (κ3) is 2.33. The fraction of sp³-hybridized carbons (Fsp3) is 0.273. The predicted octanol–water partition coefficient (Wildman–Crippen LogP) is 2.41. The largest absolute Gasteiger partial charge is 0.461 e. The third-order valence-corrected chi connectivity index (χ3v) is 3.32. The first-order valence-corrected chi connectivity index (χ1v) is 6.18. The maximum absolute atomic E-state index is 11.4. The highest BCUT2D eigenvalue weighted by Gasteiger charge is 2.16. The van der Waals surface area contributed by atoms with Crippen molar-refractivity contribution in [1.29, 1.82) is 0 Å². The van der Waals surface area contributed by atoms with Crippen LogP contribution in [0, 0.1) is 0 Å². The van der Waals surface area contributed by atoms with Gasteiger partial charge in [-0.3, -0.25) is 0 Å². The van der Waals surface area contributed by atoms with Gasteiger partial charge in [0, 0.05) is 11.1 Å². The minimum Gasteiger partial charge on any atom is -0.461 e. The van der Waals surface area contributed by atoms with E-state index < -0.39 is 0 Å². The Morgan fingerprint density at radius 1 is 1.56 bits per heavy atom. The highest BCUT2D eigenvalue weighted by molar-refractivity contribution is 7.16. The Morgan fingerprint density at radius 2 is 2.38 bits per heavy atom. The van der Waals surface area contributed by atoms with Crippen LogP contribution in [0.1, 0.15) is 6.92 Å². The van der Waals surface area contributed by atoms with E-state index in [1.54, 1.807) is 18.3 Å². The molecular weight excluding hydrogens is 246 g/mol. The van der Waals surface area contributed by atoms with Crippen molar-refractivity contribution in [3.63, 3.8) is 0 Å². The van der Waals surface area contributed by atoms with Crippen LogP contribution in [0.2, 0.25) is 5.02 Å². The number of carbonyl (C=O) groups is 1. The maximum atomic E-state index is 11.4. The monoisotopic (exact) mass is 256 g/mol. The highest BCUT2D eigenvalue weighted by Crippen LogP contribution is 2.20. The SMILES string of the molecule is CCOC(=O)C[n+]1csc2cc(Cl)ccc21. The first kappa shape index (κ1) is 11.4. The van der Waals surface area contributed by atoms with E-state index in [0.717, 1.165) is 10.2 Å². The number of hydrogen-bond acceptors (Lipinski definition) is 3. The molecular formula is C11H11ClNO2S+. The summed E-state index contributed by atoms with van der Waals surface area (Å²) in [6.07, 6.45) is 0. The number of benzene rings is 1. The van der Waals surface area contributed by atoms with E-state index in [9.17, 15) is 4.79 Å². The van der Waals surface area contributed by atoms with Crippen molar-refractivity contribution in [2.24, 2.45) is 0 Å². The number of carbonyl (C=O) groups excluding carboxylic acids is 1. The lowest BCUT2D eigenvalue weighted by Crippen LogP contribution is -2.37. The van der Waals surface area contributed by atoms with Crippen molar-refractivity contribution in [2.75, 3.05) is 6.61 Å². The van der Waals surface area contributed by atoms with Gasteiger partial charge in [-0.1, -0.05) is 22.9 Å². The van der Waals surface area contributed by atoms with Crippen LogP contribution < -0.4 is 4.57 Å². The Balaban J connectivity index is 2.28. The molecule has 1 heterocycles. The summed E-state index contributed by atoms with van der Waals surface area (Å²) < 4.78 is 7.84. The molecule has 0 bridgehead atoms. The molecule has 2 aromatic rings. The van der Waals surface area contributed by atoms with Gasteiger partial charge >= 0.3 is 5.97 Å². The van der Waals surface area contributed by atoms with Gasteiger partial charge in [-0.2, -0.15) is 4.57 Å². The molecule has 0 aliphatic heterocycles. The zero-order chi connectivity index (χ0) is 11.5. The van der Waals surface area contributed by atoms with E-state index in [1.807, 2.05) is 28.3 Å². The number of fused-ring (bicyclic) bond motifs is 1. The number of ether oxygens (including phenoxy) is 1. The molecule has 1 aromatic carbocycles. The molecule has 16 heavy (non-hydrogen) atoms. The Bertz CT molecular complexity index is 524. The third-order valence-electron chi connectivity index (χ3n) is 2.14. The number of hydrogen-bond donors (Lipinski definition) is 0.